The van der Waals surface area contributed by atoms with Crippen molar-refractivity contribution in [1.82, 2.24) is 14.6 Å². The SMILES string of the molecule is Cc1cc2c(Oc3cccc(F)c3C(=O)O)nccn2n1. The first-order valence-electron chi connectivity index (χ1n) is 6.07. The van der Waals surface area contributed by atoms with Crippen molar-refractivity contribution < 1.29 is 19.0 Å². The number of fused-ring (bicyclic) bond motifs is 1. The molecule has 7 heteroatoms. The number of halogens is 1. The zero-order chi connectivity index (χ0) is 15.0. The second kappa shape index (κ2) is 4.86. The summed E-state index contributed by atoms with van der Waals surface area (Å²) >= 11 is 0. The molecule has 3 rings (SSSR count). The number of hydrogen-bond acceptors (Lipinski definition) is 4. The Morgan fingerprint density at radius 2 is 2.24 bits per heavy atom. The second-order valence-electron chi connectivity index (χ2n) is 4.37. The third-order valence-electron chi connectivity index (χ3n) is 2.87. The van der Waals surface area contributed by atoms with E-state index in [4.69, 9.17) is 9.84 Å². The van der Waals surface area contributed by atoms with E-state index < -0.39 is 17.3 Å². The summed E-state index contributed by atoms with van der Waals surface area (Å²) in [4.78, 5) is 15.2. The van der Waals surface area contributed by atoms with Gasteiger partial charge in [0.15, 0.2) is 0 Å². The summed E-state index contributed by atoms with van der Waals surface area (Å²) in [5.74, 6) is -2.22. The Morgan fingerprint density at radius 3 is 3.00 bits per heavy atom. The van der Waals surface area contributed by atoms with Crippen LogP contribution in [0.5, 0.6) is 11.6 Å². The first-order valence-corrected chi connectivity index (χ1v) is 6.07. The molecule has 0 aliphatic carbocycles. The van der Waals surface area contributed by atoms with E-state index in [1.54, 1.807) is 16.8 Å². The standard InChI is InChI=1S/C14H10FN3O3/c1-8-7-10-13(16-5-6-18(10)17-8)21-11-4-2-3-9(15)12(11)14(19)20/h2-7H,1H3,(H,19,20). The maximum atomic E-state index is 13.6. The monoisotopic (exact) mass is 287 g/mol. The molecule has 0 saturated heterocycles. The van der Waals surface area contributed by atoms with Crippen LogP contribution >= 0.6 is 0 Å². The highest BCUT2D eigenvalue weighted by Gasteiger charge is 2.19. The molecular formula is C14H10FN3O3. The lowest BCUT2D eigenvalue weighted by molar-refractivity contribution is 0.0689. The van der Waals surface area contributed by atoms with Crippen LogP contribution in [0.1, 0.15) is 16.1 Å². The Bertz CT molecular complexity index is 845. The predicted octanol–water partition coefficient (Wildman–Crippen LogP) is 2.67. The van der Waals surface area contributed by atoms with Gasteiger partial charge in [-0.15, -0.1) is 0 Å². The van der Waals surface area contributed by atoms with Crippen molar-refractivity contribution >= 4 is 11.5 Å². The number of carbonyl (C=O) groups is 1. The predicted molar refractivity (Wildman–Crippen MR) is 71.2 cm³/mol. The molecular weight excluding hydrogens is 277 g/mol. The number of carboxylic acids is 1. The van der Waals surface area contributed by atoms with Gasteiger partial charge in [0.2, 0.25) is 5.88 Å². The molecule has 21 heavy (non-hydrogen) atoms. The summed E-state index contributed by atoms with van der Waals surface area (Å²) < 4.78 is 20.7. The molecule has 0 fully saturated rings. The van der Waals surface area contributed by atoms with Crippen LogP contribution in [0, 0.1) is 12.7 Å². The molecule has 2 aromatic heterocycles. The van der Waals surface area contributed by atoms with Crippen LogP contribution < -0.4 is 4.74 Å². The van der Waals surface area contributed by atoms with Gasteiger partial charge in [0.05, 0.1) is 5.69 Å². The number of carboxylic acid groups (broad SMARTS) is 1. The van der Waals surface area contributed by atoms with E-state index in [2.05, 4.69) is 10.1 Å². The van der Waals surface area contributed by atoms with Crippen LogP contribution in [0.4, 0.5) is 4.39 Å². The minimum absolute atomic E-state index is 0.109. The summed E-state index contributed by atoms with van der Waals surface area (Å²) in [5, 5.41) is 13.3. The molecule has 0 aliphatic heterocycles. The van der Waals surface area contributed by atoms with E-state index in [0.29, 0.717) is 5.52 Å². The minimum Gasteiger partial charge on any atom is -0.477 e. The van der Waals surface area contributed by atoms with Crippen molar-refractivity contribution in [2.45, 2.75) is 6.92 Å². The summed E-state index contributed by atoms with van der Waals surface area (Å²) in [6.07, 6.45) is 3.10. The molecule has 0 atom stereocenters. The van der Waals surface area contributed by atoms with E-state index in [-0.39, 0.29) is 11.6 Å². The lowest BCUT2D eigenvalue weighted by Crippen LogP contribution is -2.04. The fraction of sp³-hybridized carbons (Fsp3) is 0.0714. The number of nitrogens with zero attached hydrogens (tertiary/aromatic N) is 3. The van der Waals surface area contributed by atoms with Gasteiger partial charge in [0.25, 0.3) is 0 Å². The summed E-state index contributed by atoms with van der Waals surface area (Å²) in [5.41, 5.74) is 0.790. The highest BCUT2D eigenvalue weighted by atomic mass is 19.1. The topological polar surface area (TPSA) is 76.7 Å². The zero-order valence-corrected chi connectivity index (χ0v) is 10.9. The van der Waals surface area contributed by atoms with Crippen molar-refractivity contribution in [3.05, 3.63) is 53.7 Å². The van der Waals surface area contributed by atoms with Crippen LogP contribution in [0.2, 0.25) is 0 Å². The van der Waals surface area contributed by atoms with Gasteiger partial charge in [-0.05, 0) is 25.1 Å². The summed E-state index contributed by atoms with van der Waals surface area (Å²) in [7, 11) is 0. The van der Waals surface area contributed by atoms with Gasteiger partial charge < -0.3 is 9.84 Å². The van der Waals surface area contributed by atoms with Gasteiger partial charge >= 0.3 is 5.97 Å². The number of aromatic carboxylic acids is 1. The maximum absolute atomic E-state index is 13.6. The van der Waals surface area contributed by atoms with Crippen LogP contribution in [0.25, 0.3) is 5.52 Å². The number of aromatic nitrogens is 3. The molecule has 1 aromatic carbocycles. The molecule has 0 amide bonds. The van der Waals surface area contributed by atoms with Crippen LogP contribution in [0.3, 0.4) is 0 Å². The molecule has 0 bridgehead atoms. The molecule has 2 heterocycles. The summed E-state index contributed by atoms with van der Waals surface area (Å²) in [6.45, 7) is 1.81. The molecule has 0 saturated carbocycles. The maximum Gasteiger partial charge on any atom is 0.342 e. The average Bonchev–Trinajstić information content (AvgIpc) is 2.80. The molecule has 6 nitrogen and oxygen atoms in total. The Labute approximate surface area is 118 Å². The largest absolute Gasteiger partial charge is 0.477 e. The average molecular weight is 287 g/mol. The highest BCUT2D eigenvalue weighted by Crippen LogP contribution is 2.28. The Morgan fingerprint density at radius 1 is 1.43 bits per heavy atom. The van der Waals surface area contributed by atoms with Gasteiger partial charge in [-0.2, -0.15) is 5.10 Å². The van der Waals surface area contributed by atoms with Crippen molar-refractivity contribution in [3.63, 3.8) is 0 Å². The van der Waals surface area contributed by atoms with E-state index in [1.807, 2.05) is 6.92 Å². The normalized spacial score (nSPS) is 10.8. The van der Waals surface area contributed by atoms with Crippen molar-refractivity contribution in [3.8, 4) is 11.6 Å². The third kappa shape index (κ3) is 2.29. The molecule has 106 valence electrons. The highest BCUT2D eigenvalue weighted by molar-refractivity contribution is 5.91. The molecule has 0 radical (unpaired) electrons. The van der Waals surface area contributed by atoms with Gasteiger partial charge in [-0.3, -0.25) is 0 Å². The molecule has 0 spiro atoms. The third-order valence-corrected chi connectivity index (χ3v) is 2.87. The fourth-order valence-corrected chi connectivity index (χ4v) is 2.00. The van der Waals surface area contributed by atoms with Gasteiger partial charge in [-0.1, -0.05) is 6.07 Å². The van der Waals surface area contributed by atoms with Crippen LogP contribution in [0.15, 0.2) is 36.7 Å². The number of ether oxygens (including phenoxy) is 1. The zero-order valence-electron chi connectivity index (χ0n) is 10.9. The minimum atomic E-state index is -1.40. The summed E-state index contributed by atoms with van der Waals surface area (Å²) in [6, 6.07) is 5.55. The molecule has 1 N–H and O–H groups in total. The van der Waals surface area contributed by atoms with E-state index >= 15 is 0 Å². The molecule has 0 aliphatic rings. The lowest BCUT2D eigenvalue weighted by Gasteiger charge is -2.09. The van der Waals surface area contributed by atoms with Gasteiger partial charge in [0.1, 0.15) is 22.6 Å². The Balaban J connectivity index is 2.11. The number of benzene rings is 1. The number of rotatable bonds is 3. The Kier molecular flexibility index (Phi) is 3.02. The molecule has 0 unspecified atom stereocenters. The van der Waals surface area contributed by atoms with Crippen molar-refractivity contribution in [1.29, 1.82) is 0 Å². The first-order chi connectivity index (χ1) is 10.1. The lowest BCUT2D eigenvalue weighted by atomic mass is 10.2. The number of aryl methyl sites for hydroxylation is 1. The van der Waals surface area contributed by atoms with E-state index in [9.17, 15) is 9.18 Å². The Hall–Kier alpha value is -2.96. The first kappa shape index (κ1) is 13.0. The van der Waals surface area contributed by atoms with E-state index in [0.717, 1.165) is 11.8 Å². The smallest absolute Gasteiger partial charge is 0.342 e. The second-order valence-corrected chi connectivity index (χ2v) is 4.37. The van der Waals surface area contributed by atoms with Crippen LogP contribution in [-0.2, 0) is 0 Å². The number of hydrogen-bond donors (Lipinski definition) is 1. The van der Waals surface area contributed by atoms with E-state index in [1.165, 1.54) is 18.3 Å². The fourth-order valence-electron chi connectivity index (χ4n) is 2.00. The molecule has 3 aromatic rings. The van der Waals surface area contributed by atoms with Gasteiger partial charge in [0, 0.05) is 12.4 Å². The quantitative estimate of drug-likeness (QED) is 0.801. The van der Waals surface area contributed by atoms with Gasteiger partial charge in [-0.25, -0.2) is 18.7 Å². The van der Waals surface area contributed by atoms with Crippen molar-refractivity contribution in [2.75, 3.05) is 0 Å². The van der Waals surface area contributed by atoms with Crippen LogP contribution in [-0.4, -0.2) is 25.7 Å². The van der Waals surface area contributed by atoms with Crippen molar-refractivity contribution in [2.24, 2.45) is 0 Å².